The van der Waals surface area contributed by atoms with E-state index in [1.54, 1.807) is 0 Å². The van der Waals surface area contributed by atoms with E-state index in [0.717, 1.165) is 0 Å². The average molecular weight is 995 g/mol. The number of aromatic nitrogens is 4. The Hall–Kier alpha value is -9.25. The van der Waals surface area contributed by atoms with Crippen LogP contribution < -0.4 is 21.9 Å². The molecule has 0 atom stereocenters. The van der Waals surface area contributed by atoms with Gasteiger partial charge in [0.1, 0.15) is 0 Å². The van der Waals surface area contributed by atoms with E-state index in [1.807, 2.05) is 0 Å². The Morgan fingerprint density at radius 1 is 0.282 bits per heavy atom. The van der Waals surface area contributed by atoms with E-state index in [9.17, 15) is 0 Å². The summed E-state index contributed by atoms with van der Waals surface area (Å²) in [6.07, 6.45) is 0. The first kappa shape index (κ1) is 43.9. The summed E-state index contributed by atoms with van der Waals surface area (Å²) in [7, 11) is 0. The molecule has 366 valence electrons. The van der Waals surface area contributed by atoms with E-state index < -0.39 is 0 Å². The molecule has 0 bridgehead atoms. The summed E-state index contributed by atoms with van der Waals surface area (Å²) in [5.41, 5.74) is 30.5. The number of rotatable bonds is 4. The molecule has 0 fully saturated rings. The van der Waals surface area contributed by atoms with Crippen molar-refractivity contribution >= 4 is 123 Å². The van der Waals surface area contributed by atoms with E-state index in [2.05, 4.69) is 266 Å². The first-order chi connectivity index (χ1) is 38.2. The number of hydrogen-bond acceptors (Lipinski definition) is 0. The molecule has 0 saturated carbocycles. The fraction of sp³-hybridized carbons (Fsp3) is 0.0833. The van der Waals surface area contributed by atoms with Crippen LogP contribution in [0.3, 0.4) is 0 Å². The van der Waals surface area contributed by atoms with Crippen LogP contribution in [-0.4, -0.2) is 31.8 Å². The van der Waals surface area contributed by atoms with Gasteiger partial charge in [0.05, 0.1) is 22.1 Å². The van der Waals surface area contributed by atoms with Crippen LogP contribution in [-0.2, 0) is 0 Å². The molecule has 0 radical (unpaired) electrons. The Bertz CT molecular complexity index is 4720. The van der Waals surface area contributed by atoms with E-state index in [4.69, 9.17) is 0 Å². The third kappa shape index (κ3) is 5.61. The zero-order valence-corrected chi connectivity index (χ0v) is 44.6. The molecule has 17 rings (SSSR count). The van der Waals surface area contributed by atoms with Crippen molar-refractivity contribution in [1.82, 2.24) is 18.1 Å². The summed E-state index contributed by atoms with van der Waals surface area (Å²) in [6.45, 7) is 13.3. The second-order valence-electron chi connectivity index (χ2n) is 22.7. The van der Waals surface area contributed by atoms with Crippen molar-refractivity contribution in [2.45, 2.75) is 41.5 Å². The van der Waals surface area contributed by atoms with Gasteiger partial charge in [-0.1, -0.05) is 175 Å². The van der Waals surface area contributed by atoms with Gasteiger partial charge in [-0.2, -0.15) is 0 Å². The van der Waals surface area contributed by atoms with Gasteiger partial charge in [0.2, 0.25) is 0 Å². The molecule has 0 N–H and O–H groups in total. The minimum absolute atomic E-state index is 0.180. The van der Waals surface area contributed by atoms with Crippen LogP contribution >= 0.6 is 0 Å². The first-order valence-electron chi connectivity index (χ1n) is 27.7. The molecule has 11 aromatic carbocycles. The lowest BCUT2D eigenvalue weighted by molar-refractivity contribution is 1.14. The fourth-order valence-electron chi connectivity index (χ4n) is 15.6. The molecule has 0 aliphatic carbocycles. The lowest BCUT2D eigenvalue weighted by Crippen LogP contribution is -2.58. The molecule has 2 aliphatic rings. The van der Waals surface area contributed by atoms with Gasteiger partial charge in [0.25, 0.3) is 0 Å². The normalized spacial score (nSPS) is 12.9. The molecule has 15 aromatic rings. The van der Waals surface area contributed by atoms with Gasteiger partial charge >= 0.3 is 13.7 Å². The molecule has 0 unspecified atom stereocenters. The molecule has 0 spiro atoms. The zero-order chi connectivity index (χ0) is 52.0. The number of aryl methyl sites for hydroxylation is 6. The Kier molecular flexibility index (Phi) is 8.83. The highest BCUT2D eigenvalue weighted by molar-refractivity contribution is 6.91. The maximum atomic E-state index is 2.68. The highest BCUT2D eigenvalue weighted by Crippen LogP contribution is 2.46. The first-order valence-corrected chi connectivity index (χ1v) is 27.7. The SMILES string of the molecule is Cc1cc(C)c(-c2ccc3c4c2c2ccccc2n4-c2cc4c(cc2B3n2c3ccccc3c3ccccc32)B(n2c3ccccc3c3ccccc32)c2ccc(-c3c(C)cc(C)cc3C)c3c5ccccc5n-4c23)c(C)c1. The van der Waals surface area contributed by atoms with Gasteiger partial charge < -0.3 is 18.1 Å². The van der Waals surface area contributed by atoms with Crippen LogP contribution in [0, 0.1) is 41.5 Å². The topological polar surface area (TPSA) is 19.7 Å². The van der Waals surface area contributed by atoms with Gasteiger partial charge in [0, 0.05) is 76.5 Å². The quantitative estimate of drug-likeness (QED) is 0.157. The van der Waals surface area contributed by atoms with Crippen LogP contribution in [0.5, 0.6) is 0 Å². The maximum Gasteiger partial charge on any atom is 0.332 e. The fourth-order valence-corrected chi connectivity index (χ4v) is 15.6. The number of fused-ring (bicyclic) bond motifs is 16. The molecular formula is C72H52B2N4. The van der Waals surface area contributed by atoms with Crippen molar-refractivity contribution in [3.05, 3.63) is 240 Å². The standard InChI is InChI=1S/C72H52B2N4/c1-41-35-43(3)67(44(4)36-41)53-31-33-55-71-69(53)51-23-11-13-25-59(51)75(71)65-40-66-58(39-57(65)73(55)77-61-27-15-7-19-47(61)48-20-8-16-28-62(48)77)74(78-63-29-17-9-21-49(63)50-22-10-18-30-64(50)78)56-34-32-54(68-45(5)37-42(2)38-46(68)6)70-52-24-12-14-26-60(52)76(66)72(56)70/h7-40H,1-6H3. The lowest BCUT2D eigenvalue weighted by atomic mass is 9.43. The van der Waals surface area contributed by atoms with Gasteiger partial charge in [-0.3, -0.25) is 0 Å². The van der Waals surface area contributed by atoms with Gasteiger partial charge in [0.15, 0.2) is 0 Å². The summed E-state index contributed by atoms with van der Waals surface area (Å²) in [6, 6.07) is 79.3. The second kappa shape index (κ2) is 15.7. The third-order valence-electron chi connectivity index (χ3n) is 18.2. The number of hydrogen-bond donors (Lipinski definition) is 0. The van der Waals surface area contributed by atoms with E-state index in [-0.39, 0.29) is 13.7 Å². The van der Waals surface area contributed by atoms with Crippen LogP contribution in [0.1, 0.15) is 33.4 Å². The van der Waals surface area contributed by atoms with Gasteiger partial charge in [-0.25, -0.2) is 0 Å². The Morgan fingerprint density at radius 2 is 0.590 bits per heavy atom. The third-order valence-corrected chi connectivity index (χ3v) is 18.2. The molecule has 6 heteroatoms. The van der Waals surface area contributed by atoms with Gasteiger partial charge in [-0.05, 0) is 150 Å². The molecule has 2 aliphatic heterocycles. The van der Waals surface area contributed by atoms with Crippen LogP contribution in [0.4, 0.5) is 0 Å². The highest BCUT2D eigenvalue weighted by Gasteiger charge is 2.43. The molecule has 4 aromatic heterocycles. The molecule has 6 heterocycles. The smallest absolute Gasteiger partial charge is 0.332 e. The molecular weight excluding hydrogens is 942 g/mol. The monoisotopic (exact) mass is 994 g/mol. The lowest BCUT2D eigenvalue weighted by Gasteiger charge is -2.34. The van der Waals surface area contributed by atoms with Crippen molar-refractivity contribution < 1.29 is 0 Å². The summed E-state index contributed by atoms with van der Waals surface area (Å²) >= 11 is 0. The number of benzene rings is 11. The number of para-hydroxylation sites is 6. The van der Waals surface area contributed by atoms with E-state index in [0.29, 0.717) is 0 Å². The minimum Gasteiger partial charge on any atom is -0.376 e. The van der Waals surface area contributed by atoms with Crippen molar-refractivity contribution in [2.24, 2.45) is 0 Å². The molecule has 0 amide bonds. The Balaban J connectivity index is 1.09. The minimum atomic E-state index is -0.180. The highest BCUT2D eigenvalue weighted by atomic mass is 15.1. The molecule has 0 saturated heterocycles. The van der Waals surface area contributed by atoms with E-state index >= 15 is 0 Å². The van der Waals surface area contributed by atoms with E-state index in [1.165, 1.54) is 176 Å². The summed E-state index contributed by atoms with van der Waals surface area (Å²) < 4.78 is 10.7. The predicted octanol–water partition coefficient (Wildman–Crippen LogP) is 15.2. The zero-order valence-electron chi connectivity index (χ0n) is 44.6. The Morgan fingerprint density at radius 3 is 0.936 bits per heavy atom. The number of nitrogens with zero attached hydrogens (tertiary/aromatic N) is 4. The summed E-state index contributed by atoms with van der Waals surface area (Å²) in [5.74, 6) is 0. The van der Waals surface area contributed by atoms with Crippen LogP contribution in [0.25, 0.3) is 121 Å². The molecule has 78 heavy (non-hydrogen) atoms. The predicted molar refractivity (Wildman–Crippen MR) is 334 cm³/mol. The van der Waals surface area contributed by atoms with Crippen molar-refractivity contribution in [2.75, 3.05) is 0 Å². The average Bonchev–Trinajstić information content (AvgIpc) is 3.46. The van der Waals surface area contributed by atoms with Crippen LogP contribution in [0.15, 0.2) is 206 Å². The largest absolute Gasteiger partial charge is 0.376 e. The van der Waals surface area contributed by atoms with Gasteiger partial charge in [-0.15, -0.1) is 0 Å². The summed E-state index contributed by atoms with van der Waals surface area (Å²) in [5, 5.41) is 10.2. The van der Waals surface area contributed by atoms with Crippen molar-refractivity contribution in [3.63, 3.8) is 0 Å². The maximum absolute atomic E-state index is 2.68. The Labute approximate surface area is 453 Å². The second-order valence-corrected chi connectivity index (χ2v) is 22.7. The van der Waals surface area contributed by atoms with Crippen LogP contribution in [0.2, 0.25) is 0 Å². The molecule has 4 nitrogen and oxygen atoms in total. The van der Waals surface area contributed by atoms with Crippen molar-refractivity contribution in [1.29, 1.82) is 0 Å². The van der Waals surface area contributed by atoms with Crippen molar-refractivity contribution in [3.8, 4) is 33.6 Å². The summed E-state index contributed by atoms with van der Waals surface area (Å²) in [4.78, 5) is 0.